The molecule has 4 rings (SSSR count). The number of fused-ring (bicyclic) bond motifs is 1. The number of carbonyl (C=O) groups is 2. The van der Waals surface area contributed by atoms with Crippen molar-refractivity contribution in [3.05, 3.63) is 52.8 Å². The van der Waals surface area contributed by atoms with Gasteiger partial charge in [0.15, 0.2) is 0 Å². The molecule has 1 fully saturated rings. The molecule has 0 spiro atoms. The van der Waals surface area contributed by atoms with Crippen molar-refractivity contribution in [3.8, 4) is 0 Å². The molecule has 2 amide bonds. The van der Waals surface area contributed by atoms with Gasteiger partial charge in [-0.1, -0.05) is 24.3 Å². The van der Waals surface area contributed by atoms with Gasteiger partial charge in [-0.2, -0.15) is 5.10 Å². The Hall–Kier alpha value is -2.63. The average molecular weight is 352 g/mol. The molecule has 1 saturated heterocycles. The van der Waals surface area contributed by atoms with E-state index in [-0.39, 0.29) is 36.2 Å². The zero-order chi connectivity index (χ0) is 18.4. The van der Waals surface area contributed by atoms with Crippen LogP contribution in [0.5, 0.6) is 0 Å². The molecular formula is C20H24N4O2. The Morgan fingerprint density at radius 3 is 2.38 bits per heavy atom. The van der Waals surface area contributed by atoms with Gasteiger partial charge in [0.1, 0.15) is 0 Å². The van der Waals surface area contributed by atoms with E-state index in [9.17, 15) is 9.59 Å². The fourth-order valence-corrected chi connectivity index (χ4v) is 4.31. The molecule has 1 aromatic heterocycles. The van der Waals surface area contributed by atoms with Crippen LogP contribution < -0.4 is 5.32 Å². The average Bonchev–Trinajstić information content (AvgIpc) is 3.26. The van der Waals surface area contributed by atoms with Crippen molar-refractivity contribution in [2.24, 2.45) is 13.0 Å². The summed E-state index contributed by atoms with van der Waals surface area (Å²) in [5.74, 6) is -0.402. The van der Waals surface area contributed by atoms with E-state index < -0.39 is 0 Å². The summed E-state index contributed by atoms with van der Waals surface area (Å²) in [4.78, 5) is 27.0. The number of carbonyl (C=O) groups excluding carboxylic acids is 2. The summed E-state index contributed by atoms with van der Waals surface area (Å²) in [5, 5.41) is 7.48. The predicted molar refractivity (Wildman–Crippen MR) is 97.3 cm³/mol. The number of benzene rings is 1. The van der Waals surface area contributed by atoms with Gasteiger partial charge in [0.25, 0.3) is 0 Å². The van der Waals surface area contributed by atoms with Gasteiger partial charge < -0.3 is 10.2 Å². The zero-order valence-corrected chi connectivity index (χ0v) is 15.4. The highest BCUT2D eigenvalue weighted by Gasteiger charge is 2.44. The number of hydrogen-bond donors (Lipinski definition) is 1. The Bertz CT molecular complexity index is 847. The van der Waals surface area contributed by atoms with E-state index in [1.165, 1.54) is 11.1 Å². The molecule has 6 nitrogen and oxygen atoms in total. The lowest BCUT2D eigenvalue weighted by molar-refractivity contribution is -0.128. The van der Waals surface area contributed by atoms with E-state index in [2.05, 4.69) is 22.5 Å². The van der Waals surface area contributed by atoms with Gasteiger partial charge in [-0.15, -0.1) is 0 Å². The fourth-order valence-electron chi connectivity index (χ4n) is 4.31. The molecule has 1 aliphatic carbocycles. The van der Waals surface area contributed by atoms with Gasteiger partial charge in [0, 0.05) is 37.8 Å². The Morgan fingerprint density at radius 2 is 1.81 bits per heavy atom. The Morgan fingerprint density at radius 1 is 1.15 bits per heavy atom. The maximum atomic E-state index is 13.0. The summed E-state index contributed by atoms with van der Waals surface area (Å²) in [6.45, 7) is 1.97. The van der Waals surface area contributed by atoms with Gasteiger partial charge in [0.05, 0.1) is 18.2 Å². The standard InChI is InChI=1S/C20H24N4O2/c1-12-17(11-21-24(12)3)19-16(10-18(25)23(19)2)20(26)22-15-8-13-6-4-5-7-14(13)9-15/h4-7,11,15-16,19H,8-10H2,1-3H3,(H,22,26)/t16-,19-/m0/s1. The first kappa shape index (κ1) is 16.8. The molecule has 1 aliphatic heterocycles. The van der Waals surface area contributed by atoms with Crippen LogP contribution in [0.3, 0.4) is 0 Å². The zero-order valence-electron chi connectivity index (χ0n) is 15.4. The molecule has 26 heavy (non-hydrogen) atoms. The van der Waals surface area contributed by atoms with Crippen molar-refractivity contribution in [3.63, 3.8) is 0 Å². The van der Waals surface area contributed by atoms with Crippen molar-refractivity contribution < 1.29 is 9.59 Å². The largest absolute Gasteiger partial charge is 0.352 e. The monoisotopic (exact) mass is 352 g/mol. The predicted octanol–water partition coefficient (Wildman–Crippen LogP) is 1.53. The maximum Gasteiger partial charge on any atom is 0.226 e. The molecule has 2 heterocycles. The topological polar surface area (TPSA) is 67.2 Å². The fraction of sp³-hybridized carbons (Fsp3) is 0.450. The molecular weight excluding hydrogens is 328 g/mol. The lowest BCUT2D eigenvalue weighted by Gasteiger charge is -2.25. The molecule has 2 aromatic rings. The maximum absolute atomic E-state index is 13.0. The Balaban J connectivity index is 1.53. The van der Waals surface area contributed by atoms with Gasteiger partial charge in [0.2, 0.25) is 11.8 Å². The van der Waals surface area contributed by atoms with Gasteiger partial charge >= 0.3 is 0 Å². The second-order valence-electron chi connectivity index (χ2n) is 7.45. The Labute approximate surface area is 153 Å². The summed E-state index contributed by atoms with van der Waals surface area (Å²) < 4.78 is 1.79. The molecule has 1 N–H and O–H groups in total. The van der Waals surface area contributed by atoms with Crippen LogP contribution in [-0.2, 0) is 29.5 Å². The van der Waals surface area contributed by atoms with Gasteiger partial charge in [-0.3, -0.25) is 14.3 Å². The minimum absolute atomic E-state index is 0.00751. The summed E-state index contributed by atoms with van der Waals surface area (Å²) >= 11 is 0. The second kappa shape index (κ2) is 6.27. The van der Waals surface area contributed by atoms with Crippen LogP contribution in [0, 0.1) is 12.8 Å². The number of aryl methyl sites for hydroxylation is 1. The van der Waals surface area contributed by atoms with Crippen LogP contribution in [0.25, 0.3) is 0 Å². The number of amides is 2. The van der Waals surface area contributed by atoms with Gasteiger partial charge in [-0.05, 0) is 30.9 Å². The van der Waals surface area contributed by atoms with E-state index in [1.54, 1.807) is 22.8 Å². The molecule has 2 aliphatic rings. The SMILES string of the molecule is Cc1c([C@@H]2[C@@H](C(=O)NC3Cc4ccccc4C3)CC(=O)N2C)cnn1C. The number of nitrogens with zero attached hydrogens (tertiary/aromatic N) is 3. The molecule has 0 unspecified atom stereocenters. The molecule has 1 aromatic carbocycles. The van der Waals surface area contributed by atoms with E-state index >= 15 is 0 Å². The minimum atomic E-state index is -0.376. The van der Waals surface area contributed by atoms with Crippen LogP contribution >= 0.6 is 0 Å². The first-order chi connectivity index (χ1) is 12.5. The van der Waals surface area contributed by atoms with E-state index in [4.69, 9.17) is 0 Å². The lowest BCUT2D eigenvalue weighted by atomic mass is 9.93. The third kappa shape index (κ3) is 2.69. The molecule has 136 valence electrons. The van der Waals surface area contributed by atoms with Crippen molar-refractivity contribution in [2.45, 2.75) is 38.3 Å². The molecule has 0 saturated carbocycles. The molecule has 0 bridgehead atoms. The highest BCUT2D eigenvalue weighted by molar-refractivity contribution is 5.90. The van der Waals surface area contributed by atoms with Crippen LogP contribution in [0.1, 0.15) is 34.8 Å². The summed E-state index contributed by atoms with van der Waals surface area (Å²) in [6, 6.07) is 8.17. The van der Waals surface area contributed by atoms with Crippen molar-refractivity contribution in [1.82, 2.24) is 20.0 Å². The lowest BCUT2D eigenvalue weighted by Crippen LogP contribution is -2.41. The van der Waals surface area contributed by atoms with Crippen molar-refractivity contribution in [2.75, 3.05) is 7.05 Å². The van der Waals surface area contributed by atoms with Crippen LogP contribution in [0.4, 0.5) is 0 Å². The smallest absolute Gasteiger partial charge is 0.226 e. The van der Waals surface area contributed by atoms with E-state index in [0.29, 0.717) is 0 Å². The second-order valence-corrected chi connectivity index (χ2v) is 7.45. The van der Waals surface area contributed by atoms with Gasteiger partial charge in [-0.25, -0.2) is 0 Å². The highest BCUT2D eigenvalue weighted by atomic mass is 16.2. The van der Waals surface area contributed by atoms with E-state index in [0.717, 1.165) is 24.1 Å². The Kier molecular flexibility index (Phi) is 4.05. The normalized spacial score (nSPS) is 22.7. The summed E-state index contributed by atoms with van der Waals surface area (Å²) in [5.41, 5.74) is 4.55. The van der Waals surface area contributed by atoms with Crippen molar-refractivity contribution >= 4 is 11.8 Å². The molecule has 6 heteroatoms. The molecule has 2 atom stereocenters. The quantitative estimate of drug-likeness (QED) is 0.911. The summed E-state index contributed by atoms with van der Waals surface area (Å²) in [7, 11) is 3.65. The number of aromatic nitrogens is 2. The van der Waals surface area contributed by atoms with Crippen LogP contribution in [-0.4, -0.2) is 39.6 Å². The number of nitrogens with one attached hydrogen (secondary N) is 1. The minimum Gasteiger partial charge on any atom is -0.352 e. The number of rotatable bonds is 3. The van der Waals surface area contributed by atoms with Crippen LogP contribution in [0.15, 0.2) is 30.5 Å². The number of hydrogen-bond acceptors (Lipinski definition) is 3. The molecule has 0 radical (unpaired) electrons. The van der Waals surface area contributed by atoms with Crippen LogP contribution in [0.2, 0.25) is 0 Å². The third-order valence-corrected chi connectivity index (χ3v) is 5.91. The number of likely N-dealkylation sites (tertiary alicyclic amines) is 1. The first-order valence-corrected chi connectivity index (χ1v) is 9.07. The first-order valence-electron chi connectivity index (χ1n) is 9.07. The highest BCUT2D eigenvalue weighted by Crippen LogP contribution is 2.38. The van der Waals surface area contributed by atoms with E-state index in [1.807, 2.05) is 26.1 Å². The summed E-state index contributed by atoms with van der Waals surface area (Å²) in [6.07, 6.45) is 3.74. The third-order valence-electron chi connectivity index (χ3n) is 5.91. The van der Waals surface area contributed by atoms with Crippen molar-refractivity contribution in [1.29, 1.82) is 0 Å².